The Morgan fingerprint density at radius 1 is 1.38 bits per heavy atom. The summed E-state index contributed by atoms with van der Waals surface area (Å²) in [5.41, 5.74) is 1.02. The number of anilines is 1. The first-order valence-corrected chi connectivity index (χ1v) is 5.28. The smallest absolute Gasteiger partial charge is 0.305 e. The molecule has 0 aromatic heterocycles. The van der Waals surface area contributed by atoms with Gasteiger partial charge in [-0.15, -0.1) is 0 Å². The summed E-state index contributed by atoms with van der Waals surface area (Å²) in [7, 11) is 1.62. The first kappa shape index (κ1) is 12.4. The summed E-state index contributed by atoms with van der Waals surface area (Å²) < 4.78 is 5.07. The molecule has 0 aliphatic rings. The van der Waals surface area contributed by atoms with Crippen molar-refractivity contribution in [3.8, 4) is 5.75 Å². The third-order valence-corrected chi connectivity index (χ3v) is 2.41. The molecule has 0 fully saturated rings. The summed E-state index contributed by atoms with van der Waals surface area (Å²) in [6.45, 7) is 3.32. The van der Waals surface area contributed by atoms with Gasteiger partial charge in [-0.1, -0.05) is 0 Å². The van der Waals surface area contributed by atoms with Gasteiger partial charge in [-0.2, -0.15) is 0 Å². The molecule has 1 aromatic carbocycles. The fraction of sp³-hybridized carbons (Fsp3) is 0.417. The summed E-state index contributed by atoms with van der Waals surface area (Å²) in [6, 6.07) is 7.62. The molecule has 0 aliphatic carbocycles. The van der Waals surface area contributed by atoms with Crippen LogP contribution in [-0.2, 0) is 4.79 Å². The lowest BCUT2D eigenvalue weighted by Crippen LogP contribution is -2.25. The van der Waals surface area contributed by atoms with Crippen LogP contribution >= 0.6 is 0 Å². The largest absolute Gasteiger partial charge is 0.497 e. The highest BCUT2D eigenvalue weighted by Gasteiger charge is 2.06. The molecule has 0 atom stereocenters. The highest BCUT2D eigenvalue weighted by molar-refractivity contribution is 5.67. The van der Waals surface area contributed by atoms with Crippen LogP contribution in [0, 0.1) is 0 Å². The monoisotopic (exact) mass is 223 g/mol. The van der Waals surface area contributed by atoms with Crippen molar-refractivity contribution in [2.24, 2.45) is 0 Å². The highest BCUT2D eigenvalue weighted by Crippen LogP contribution is 2.19. The molecule has 0 aliphatic heterocycles. The quantitative estimate of drug-likeness (QED) is 0.801. The lowest BCUT2D eigenvalue weighted by Gasteiger charge is -2.22. The second-order valence-corrected chi connectivity index (χ2v) is 3.42. The van der Waals surface area contributed by atoms with Gasteiger partial charge >= 0.3 is 5.97 Å². The summed E-state index contributed by atoms with van der Waals surface area (Å²) in [5.74, 6) is 0.0324. The van der Waals surface area contributed by atoms with Crippen molar-refractivity contribution in [2.75, 3.05) is 25.1 Å². The Labute approximate surface area is 95.5 Å². The van der Waals surface area contributed by atoms with Gasteiger partial charge in [-0.3, -0.25) is 4.79 Å². The zero-order valence-corrected chi connectivity index (χ0v) is 9.64. The second-order valence-electron chi connectivity index (χ2n) is 3.42. The average Bonchev–Trinajstić information content (AvgIpc) is 2.30. The number of benzene rings is 1. The lowest BCUT2D eigenvalue weighted by atomic mass is 10.2. The zero-order valence-electron chi connectivity index (χ0n) is 9.64. The van der Waals surface area contributed by atoms with Gasteiger partial charge in [0.15, 0.2) is 0 Å². The molecule has 0 saturated heterocycles. The van der Waals surface area contributed by atoms with Crippen LogP contribution in [0.15, 0.2) is 24.3 Å². The Morgan fingerprint density at radius 2 is 2.00 bits per heavy atom. The molecule has 1 rings (SSSR count). The molecule has 88 valence electrons. The maximum atomic E-state index is 10.5. The maximum absolute atomic E-state index is 10.5. The van der Waals surface area contributed by atoms with E-state index in [1.54, 1.807) is 7.11 Å². The third-order valence-electron chi connectivity index (χ3n) is 2.41. The summed E-state index contributed by atoms with van der Waals surface area (Å²) in [4.78, 5) is 12.5. The number of hydrogen-bond acceptors (Lipinski definition) is 3. The molecule has 4 heteroatoms. The molecule has 0 bridgehead atoms. The fourth-order valence-electron chi connectivity index (χ4n) is 1.49. The molecular weight excluding hydrogens is 206 g/mol. The highest BCUT2D eigenvalue weighted by atomic mass is 16.5. The number of nitrogens with zero attached hydrogens (tertiary/aromatic N) is 1. The SMILES string of the molecule is CCN(CCC(=O)O)c1ccc(OC)cc1. The van der Waals surface area contributed by atoms with E-state index in [2.05, 4.69) is 0 Å². The van der Waals surface area contributed by atoms with Crippen molar-refractivity contribution >= 4 is 11.7 Å². The molecule has 0 radical (unpaired) electrons. The van der Waals surface area contributed by atoms with Gasteiger partial charge in [-0.05, 0) is 31.2 Å². The number of rotatable bonds is 6. The maximum Gasteiger partial charge on any atom is 0.305 e. The van der Waals surface area contributed by atoms with E-state index in [-0.39, 0.29) is 6.42 Å². The minimum atomic E-state index is -0.771. The van der Waals surface area contributed by atoms with Gasteiger partial charge in [0.1, 0.15) is 5.75 Å². The van der Waals surface area contributed by atoms with Crippen LogP contribution in [0.1, 0.15) is 13.3 Å². The summed E-state index contributed by atoms with van der Waals surface area (Å²) >= 11 is 0. The molecule has 1 aromatic rings. The number of carboxylic acids is 1. The van der Waals surface area contributed by atoms with Crippen molar-refractivity contribution in [3.63, 3.8) is 0 Å². The Balaban J connectivity index is 2.66. The second kappa shape index (κ2) is 6.00. The first-order valence-electron chi connectivity index (χ1n) is 5.28. The number of aliphatic carboxylic acids is 1. The van der Waals surface area contributed by atoms with E-state index in [1.165, 1.54) is 0 Å². The third kappa shape index (κ3) is 3.46. The predicted octanol–water partition coefficient (Wildman–Crippen LogP) is 2.00. The minimum absolute atomic E-state index is 0.153. The molecule has 0 heterocycles. The van der Waals surface area contributed by atoms with Crippen molar-refractivity contribution in [2.45, 2.75) is 13.3 Å². The predicted molar refractivity (Wildman–Crippen MR) is 63.1 cm³/mol. The number of methoxy groups -OCH3 is 1. The van der Waals surface area contributed by atoms with Crippen molar-refractivity contribution < 1.29 is 14.6 Å². The van der Waals surface area contributed by atoms with E-state index >= 15 is 0 Å². The van der Waals surface area contributed by atoms with Crippen molar-refractivity contribution in [3.05, 3.63) is 24.3 Å². The van der Waals surface area contributed by atoms with Gasteiger partial charge in [0.2, 0.25) is 0 Å². The number of carbonyl (C=O) groups is 1. The normalized spacial score (nSPS) is 9.88. The molecule has 16 heavy (non-hydrogen) atoms. The van der Waals surface area contributed by atoms with Crippen molar-refractivity contribution in [1.29, 1.82) is 0 Å². The lowest BCUT2D eigenvalue weighted by molar-refractivity contribution is -0.136. The first-order chi connectivity index (χ1) is 7.67. The molecule has 0 spiro atoms. The van der Waals surface area contributed by atoms with Gasteiger partial charge in [0, 0.05) is 18.8 Å². The molecule has 0 unspecified atom stereocenters. The standard InChI is InChI=1S/C12H17NO3/c1-3-13(9-8-12(14)15)10-4-6-11(16-2)7-5-10/h4-7H,3,8-9H2,1-2H3,(H,14,15). The molecule has 4 nitrogen and oxygen atoms in total. The van der Waals surface area contributed by atoms with Crippen LogP contribution < -0.4 is 9.64 Å². The van der Waals surface area contributed by atoms with E-state index < -0.39 is 5.97 Å². The molecular formula is C12H17NO3. The topological polar surface area (TPSA) is 49.8 Å². The summed E-state index contributed by atoms with van der Waals surface area (Å²) in [6.07, 6.45) is 0.153. The Morgan fingerprint density at radius 3 is 2.44 bits per heavy atom. The van der Waals surface area contributed by atoms with E-state index in [1.807, 2.05) is 36.1 Å². The average molecular weight is 223 g/mol. The van der Waals surface area contributed by atoms with Crippen LogP contribution in [0.2, 0.25) is 0 Å². The van der Waals surface area contributed by atoms with Crippen LogP contribution in [0.5, 0.6) is 5.75 Å². The van der Waals surface area contributed by atoms with E-state index in [9.17, 15) is 4.79 Å². The van der Waals surface area contributed by atoms with Gasteiger partial charge in [0.25, 0.3) is 0 Å². The van der Waals surface area contributed by atoms with Gasteiger partial charge in [0.05, 0.1) is 13.5 Å². The van der Waals surface area contributed by atoms with Crippen LogP contribution in [0.4, 0.5) is 5.69 Å². The molecule has 1 N–H and O–H groups in total. The van der Waals surface area contributed by atoms with E-state index in [4.69, 9.17) is 9.84 Å². The van der Waals surface area contributed by atoms with Crippen molar-refractivity contribution in [1.82, 2.24) is 0 Å². The fourth-order valence-corrected chi connectivity index (χ4v) is 1.49. The van der Waals surface area contributed by atoms with Gasteiger partial charge < -0.3 is 14.7 Å². The van der Waals surface area contributed by atoms with Crippen LogP contribution in [0.25, 0.3) is 0 Å². The number of carboxylic acid groups (broad SMARTS) is 1. The Kier molecular flexibility index (Phi) is 4.64. The Hall–Kier alpha value is -1.71. The molecule has 0 amide bonds. The van der Waals surface area contributed by atoms with Crippen LogP contribution in [0.3, 0.4) is 0 Å². The van der Waals surface area contributed by atoms with E-state index in [0.717, 1.165) is 18.0 Å². The number of hydrogen-bond donors (Lipinski definition) is 1. The Bertz CT molecular complexity index is 335. The number of ether oxygens (including phenoxy) is 1. The van der Waals surface area contributed by atoms with E-state index in [0.29, 0.717) is 6.54 Å². The van der Waals surface area contributed by atoms with Crippen LogP contribution in [-0.4, -0.2) is 31.3 Å². The molecule has 0 saturated carbocycles. The van der Waals surface area contributed by atoms with Gasteiger partial charge in [-0.25, -0.2) is 0 Å². The minimum Gasteiger partial charge on any atom is -0.497 e. The zero-order chi connectivity index (χ0) is 12.0. The summed E-state index contributed by atoms with van der Waals surface area (Å²) in [5, 5.41) is 8.64.